The molecule has 6 nitrogen and oxygen atoms in total. The Morgan fingerprint density at radius 2 is 1.75 bits per heavy atom. The molecule has 0 spiro atoms. The van der Waals surface area contributed by atoms with Crippen LogP contribution in [0.5, 0.6) is 5.75 Å². The first kappa shape index (κ1) is 19.9. The lowest BCUT2D eigenvalue weighted by atomic mass is 10.2. The number of anilines is 1. The molecule has 0 aliphatic carbocycles. The Morgan fingerprint density at radius 1 is 1.07 bits per heavy atom. The number of esters is 1. The Labute approximate surface area is 167 Å². The van der Waals surface area contributed by atoms with Crippen LogP contribution in [0.2, 0.25) is 5.02 Å². The number of methoxy groups -OCH3 is 1. The smallest absolute Gasteiger partial charge is 0.340 e. The first-order valence-corrected chi connectivity index (χ1v) is 9.14. The average molecular weight is 407 g/mol. The van der Waals surface area contributed by atoms with Crippen LogP contribution >= 0.6 is 11.6 Å². The Kier molecular flexibility index (Phi) is 6.36. The molecule has 0 N–H and O–H groups in total. The Morgan fingerprint density at radius 3 is 2.39 bits per heavy atom. The highest BCUT2D eigenvalue weighted by atomic mass is 35.5. The van der Waals surface area contributed by atoms with Crippen molar-refractivity contribution in [1.82, 2.24) is 4.90 Å². The summed E-state index contributed by atoms with van der Waals surface area (Å²) in [6.07, 6.45) is 0. The zero-order chi connectivity index (χ0) is 20.1. The van der Waals surface area contributed by atoms with E-state index >= 15 is 0 Å². The molecule has 1 saturated heterocycles. The molecule has 0 atom stereocenters. The quantitative estimate of drug-likeness (QED) is 0.714. The monoisotopic (exact) mass is 406 g/mol. The van der Waals surface area contributed by atoms with Crippen molar-refractivity contribution < 1.29 is 23.5 Å². The fourth-order valence-corrected chi connectivity index (χ4v) is 3.15. The van der Waals surface area contributed by atoms with Crippen molar-refractivity contribution in [3.8, 4) is 5.75 Å². The summed E-state index contributed by atoms with van der Waals surface area (Å²) in [7, 11) is 1.62. The number of carbonyl (C=O) groups is 2. The molecule has 0 aromatic heterocycles. The fraction of sp³-hybridized carbons (Fsp3) is 0.300. The maximum absolute atomic E-state index is 13.3. The minimum absolute atomic E-state index is 0.0759. The van der Waals surface area contributed by atoms with Gasteiger partial charge in [-0.2, -0.15) is 0 Å². The summed E-state index contributed by atoms with van der Waals surface area (Å²) in [5.74, 6) is -0.930. The van der Waals surface area contributed by atoms with Gasteiger partial charge in [-0.05, 0) is 42.5 Å². The third kappa shape index (κ3) is 4.72. The molecule has 1 fully saturated rings. The number of benzene rings is 2. The van der Waals surface area contributed by atoms with Crippen LogP contribution in [0.25, 0.3) is 0 Å². The predicted octanol–water partition coefficient (Wildman–Crippen LogP) is 2.99. The lowest BCUT2D eigenvalue weighted by Gasteiger charge is -2.36. The molecule has 3 rings (SSSR count). The second kappa shape index (κ2) is 8.93. The van der Waals surface area contributed by atoms with Crippen molar-refractivity contribution in [1.29, 1.82) is 0 Å². The second-order valence-electron chi connectivity index (χ2n) is 6.27. The molecule has 28 heavy (non-hydrogen) atoms. The maximum atomic E-state index is 13.3. The topological polar surface area (TPSA) is 59.1 Å². The molecular formula is C20H20ClFN2O4. The summed E-state index contributed by atoms with van der Waals surface area (Å²) in [4.78, 5) is 28.2. The molecule has 1 heterocycles. The van der Waals surface area contributed by atoms with E-state index in [4.69, 9.17) is 21.1 Å². The molecule has 1 aliphatic rings. The molecule has 0 unspecified atom stereocenters. The van der Waals surface area contributed by atoms with E-state index in [1.807, 2.05) is 24.3 Å². The molecule has 1 amide bonds. The number of rotatable bonds is 5. The number of piperazine rings is 1. The highest BCUT2D eigenvalue weighted by Gasteiger charge is 2.23. The van der Waals surface area contributed by atoms with Crippen molar-refractivity contribution in [2.75, 3.05) is 44.8 Å². The van der Waals surface area contributed by atoms with E-state index in [9.17, 15) is 14.0 Å². The Balaban J connectivity index is 1.49. The lowest BCUT2D eigenvalue weighted by Crippen LogP contribution is -2.49. The van der Waals surface area contributed by atoms with Crippen LogP contribution in [-0.4, -0.2) is 56.7 Å². The van der Waals surface area contributed by atoms with Gasteiger partial charge in [0.1, 0.15) is 11.6 Å². The summed E-state index contributed by atoms with van der Waals surface area (Å²) >= 11 is 5.87. The Bertz CT molecular complexity index is 852. The van der Waals surface area contributed by atoms with Crippen LogP contribution in [-0.2, 0) is 9.53 Å². The van der Waals surface area contributed by atoms with Gasteiger partial charge in [0.15, 0.2) is 6.61 Å². The number of ether oxygens (including phenoxy) is 2. The first-order chi connectivity index (χ1) is 13.5. The van der Waals surface area contributed by atoms with Gasteiger partial charge in [-0.3, -0.25) is 4.79 Å². The first-order valence-electron chi connectivity index (χ1n) is 8.77. The van der Waals surface area contributed by atoms with Gasteiger partial charge in [-0.15, -0.1) is 0 Å². The number of hydrogen-bond acceptors (Lipinski definition) is 5. The van der Waals surface area contributed by atoms with Gasteiger partial charge < -0.3 is 19.3 Å². The molecule has 0 saturated carbocycles. The molecule has 2 aromatic carbocycles. The Hall–Kier alpha value is -2.80. The van der Waals surface area contributed by atoms with Crippen LogP contribution in [0.15, 0.2) is 42.5 Å². The standard InChI is InChI=1S/C20H20ClFN2O4/c1-27-16-5-3-15(4-6-16)23-8-10-24(11-9-23)19(25)13-28-20(26)17-12-14(22)2-7-18(17)21/h2-7,12H,8-11,13H2,1H3. The number of carbonyl (C=O) groups excluding carboxylic acids is 2. The minimum Gasteiger partial charge on any atom is -0.497 e. The summed E-state index contributed by atoms with van der Waals surface area (Å²) in [5, 5.41) is 0.0759. The zero-order valence-electron chi connectivity index (χ0n) is 15.4. The van der Waals surface area contributed by atoms with Crippen LogP contribution in [0.1, 0.15) is 10.4 Å². The van der Waals surface area contributed by atoms with Crippen LogP contribution in [0.4, 0.5) is 10.1 Å². The molecular weight excluding hydrogens is 387 g/mol. The van der Waals surface area contributed by atoms with Crippen molar-refractivity contribution in [2.45, 2.75) is 0 Å². The van der Waals surface area contributed by atoms with E-state index < -0.39 is 18.4 Å². The van der Waals surface area contributed by atoms with Crippen molar-refractivity contribution in [3.63, 3.8) is 0 Å². The molecule has 0 bridgehead atoms. The number of hydrogen-bond donors (Lipinski definition) is 0. The van der Waals surface area contributed by atoms with E-state index in [1.165, 1.54) is 6.07 Å². The molecule has 8 heteroatoms. The highest BCUT2D eigenvalue weighted by molar-refractivity contribution is 6.33. The zero-order valence-corrected chi connectivity index (χ0v) is 16.1. The van der Waals surface area contributed by atoms with E-state index in [-0.39, 0.29) is 16.5 Å². The third-order valence-corrected chi connectivity index (χ3v) is 4.87. The summed E-state index contributed by atoms with van der Waals surface area (Å²) in [5.41, 5.74) is 0.957. The summed E-state index contributed by atoms with van der Waals surface area (Å²) in [6.45, 7) is 1.96. The van der Waals surface area contributed by atoms with Gasteiger partial charge in [0.25, 0.3) is 5.91 Å². The molecule has 1 aliphatic heterocycles. The third-order valence-electron chi connectivity index (χ3n) is 4.55. The van der Waals surface area contributed by atoms with E-state index in [0.29, 0.717) is 26.2 Å². The van der Waals surface area contributed by atoms with E-state index in [0.717, 1.165) is 23.6 Å². The van der Waals surface area contributed by atoms with Gasteiger partial charge >= 0.3 is 5.97 Å². The summed E-state index contributed by atoms with van der Waals surface area (Å²) in [6, 6.07) is 11.1. The van der Waals surface area contributed by atoms with Gasteiger partial charge in [-0.1, -0.05) is 11.6 Å². The van der Waals surface area contributed by atoms with Crippen LogP contribution in [0, 0.1) is 5.82 Å². The fourth-order valence-electron chi connectivity index (χ4n) is 2.96. The number of nitrogens with zero attached hydrogens (tertiary/aromatic N) is 2. The van der Waals surface area contributed by atoms with E-state index in [2.05, 4.69) is 4.90 Å². The van der Waals surface area contributed by atoms with E-state index in [1.54, 1.807) is 12.0 Å². The minimum atomic E-state index is -0.824. The molecule has 0 radical (unpaired) electrons. The predicted molar refractivity (Wildman–Crippen MR) is 103 cm³/mol. The summed E-state index contributed by atoms with van der Waals surface area (Å²) < 4.78 is 23.4. The normalized spacial score (nSPS) is 14.0. The van der Waals surface area contributed by atoms with Crippen LogP contribution < -0.4 is 9.64 Å². The maximum Gasteiger partial charge on any atom is 0.340 e. The molecule has 148 valence electrons. The van der Waals surface area contributed by atoms with Gasteiger partial charge in [-0.25, -0.2) is 9.18 Å². The molecule has 2 aromatic rings. The average Bonchev–Trinajstić information content (AvgIpc) is 2.73. The van der Waals surface area contributed by atoms with Gasteiger partial charge in [0.05, 0.1) is 17.7 Å². The largest absolute Gasteiger partial charge is 0.497 e. The highest BCUT2D eigenvalue weighted by Crippen LogP contribution is 2.21. The number of amides is 1. The number of halogens is 2. The van der Waals surface area contributed by atoms with Crippen LogP contribution in [0.3, 0.4) is 0 Å². The lowest BCUT2D eigenvalue weighted by molar-refractivity contribution is -0.134. The van der Waals surface area contributed by atoms with Crippen molar-refractivity contribution in [2.24, 2.45) is 0 Å². The SMILES string of the molecule is COc1ccc(N2CCN(C(=O)COC(=O)c3cc(F)ccc3Cl)CC2)cc1. The van der Waals surface area contributed by atoms with Crippen molar-refractivity contribution >= 4 is 29.2 Å². The second-order valence-corrected chi connectivity index (χ2v) is 6.67. The van der Waals surface area contributed by atoms with Gasteiger partial charge in [0, 0.05) is 31.9 Å². The van der Waals surface area contributed by atoms with Crippen molar-refractivity contribution in [3.05, 3.63) is 58.9 Å². The van der Waals surface area contributed by atoms with Gasteiger partial charge in [0.2, 0.25) is 0 Å².